The van der Waals surface area contributed by atoms with Gasteiger partial charge in [0, 0.05) is 11.3 Å². The van der Waals surface area contributed by atoms with Crippen LogP contribution in [0.15, 0.2) is 77.2 Å². The molecular weight excluding hydrogens is 431 g/mol. The SMILES string of the molecule is Cc1ccc(C(=O)Nc2ccc3oc(-c4cccc(Cl)c4Cl)nc3c2)c2ccccc12. The van der Waals surface area contributed by atoms with Gasteiger partial charge in [0.1, 0.15) is 5.52 Å². The van der Waals surface area contributed by atoms with Crippen molar-refractivity contribution in [3.05, 3.63) is 94.0 Å². The number of anilines is 1. The van der Waals surface area contributed by atoms with Crippen LogP contribution in [0.4, 0.5) is 5.69 Å². The lowest BCUT2D eigenvalue weighted by Gasteiger charge is -2.10. The molecule has 1 aromatic heterocycles. The highest BCUT2D eigenvalue weighted by atomic mass is 35.5. The molecule has 0 aliphatic heterocycles. The van der Waals surface area contributed by atoms with Crippen molar-refractivity contribution in [2.75, 3.05) is 5.32 Å². The molecule has 5 aromatic rings. The molecular formula is C25H16Cl2N2O2. The second-order valence-electron chi connectivity index (χ2n) is 7.23. The minimum absolute atomic E-state index is 0.183. The van der Waals surface area contributed by atoms with E-state index in [1.165, 1.54) is 0 Å². The zero-order valence-electron chi connectivity index (χ0n) is 16.4. The van der Waals surface area contributed by atoms with Crippen LogP contribution in [-0.2, 0) is 0 Å². The van der Waals surface area contributed by atoms with E-state index in [4.69, 9.17) is 27.6 Å². The van der Waals surface area contributed by atoms with Crippen LogP contribution in [0.5, 0.6) is 0 Å². The van der Waals surface area contributed by atoms with Crippen LogP contribution in [0, 0.1) is 6.92 Å². The number of carbonyl (C=O) groups is 1. The van der Waals surface area contributed by atoms with Gasteiger partial charge in [0.05, 0.1) is 15.6 Å². The first-order valence-electron chi connectivity index (χ1n) is 9.66. The third-order valence-electron chi connectivity index (χ3n) is 5.21. The molecule has 0 aliphatic rings. The Morgan fingerprint density at radius 2 is 1.74 bits per heavy atom. The van der Waals surface area contributed by atoms with Gasteiger partial charge in [0.2, 0.25) is 5.89 Å². The number of halogens is 2. The monoisotopic (exact) mass is 446 g/mol. The molecule has 31 heavy (non-hydrogen) atoms. The summed E-state index contributed by atoms with van der Waals surface area (Å²) in [5.74, 6) is 0.188. The van der Waals surface area contributed by atoms with E-state index < -0.39 is 0 Å². The number of aryl methyl sites for hydroxylation is 1. The quantitative estimate of drug-likeness (QED) is 0.311. The molecule has 4 nitrogen and oxygen atoms in total. The second kappa shape index (κ2) is 7.73. The van der Waals surface area contributed by atoms with E-state index in [-0.39, 0.29) is 5.91 Å². The van der Waals surface area contributed by atoms with Crippen LogP contribution in [-0.4, -0.2) is 10.9 Å². The Kier molecular flexibility index (Phi) is 4.89. The van der Waals surface area contributed by atoms with Gasteiger partial charge in [-0.05, 0) is 59.7 Å². The molecule has 0 aliphatic carbocycles. The van der Waals surface area contributed by atoms with Crippen LogP contribution in [0.1, 0.15) is 15.9 Å². The molecule has 1 heterocycles. The maximum atomic E-state index is 13.0. The number of nitrogens with zero attached hydrogens (tertiary/aromatic N) is 1. The average Bonchev–Trinajstić information content (AvgIpc) is 3.19. The molecule has 1 amide bonds. The molecule has 0 atom stereocenters. The van der Waals surface area contributed by atoms with E-state index in [1.807, 2.05) is 43.3 Å². The van der Waals surface area contributed by atoms with Gasteiger partial charge in [-0.25, -0.2) is 4.98 Å². The number of aromatic nitrogens is 1. The van der Waals surface area contributed by atoms with Gasteiger partial charge in [-0.15, -0.1) is 0 Å². The highest BCUT2D eigenvalue weighted by Crippen LogP contribution is 2.35. The first-order valence-corrected chi connectivity index (χ1v) is 10.4. The number of fused-ring (bicyclic) bond motifs is 2. The third kappa shape index (κ3) is 3.54. The summed E-state index contributed by atoms with van der Waals surface area (Å²) in [5.41, 5.74) is 4.18. The lowest BCUT2D eigenvalue weighted by Crippen LogP contribution is -2.12. The number of carbonyl (C=O) groups excluding carboxylic acids is 1. The number of rotatable bonds is 3. The predicted octanol–water partition coefficient (Wildman–Crippen LogP) is 7.52. The summed E-state index contributed by atoms with van der Waals surface area (Å²) in [6.45, 7) is 2.03. The summed E-state index contributed by atoms with van der Waals surface area (Å²) in [7, 11) is 0. The zero-order valence-corrected chi connectivity index (χ0v) is 18.0. The summed E-state index contributed by atoms with van der Waals surface area (Å²) >= 11 is 12.4. The third-order valence-corrected chi connectivity index (χ3v) is 6.03. The predicted molar refractivity (Wildman–Crippen MR) is 126 cm³/mol. The van der Waals surface area contributed by atoms with Gasteiger partial charge < -0.3 is 9.73 Å². The van der Waals surface area contributed by atoms with Crippen molar-refractivity contribution < 1.29 is 9.21 Å². The normalized spacial score (nSPS) is 11.2. The summed E-state index contributed by atoms with van der Waals surface area (Å²) < 4.78 is 5.84. The maximum Gasteiger partial charge on any atom is 0.256 e. The van der Waals surface area contributed by atoms with Crippen molar-refractivity contribution >= 4 is 56.7 Å². The summed E-state index contributed by atoms with van der Waals surface area (Å²) in [6, 6.07) is 22.3. The molecule has 5 rings (SSSR count). The van der Waals surface area contributed by atoms with Crippen LogP contribution in [0.3, 0.4) is 0 Å². The molecule has 0 unspecified atom stereocenters. The highest BCUT2D eigenvalue weighted by molar-refractivity contribution is 6.43. The molecule has 0 saturated heterocycles. The van der Waals surface area contributed by atoms with E-state index in [0.717, 1.165) is 16.3 Å². The average molecular weight is 447 g/mol. The molecule has 0 fully saturated rings. The Balaban J connectivity index is 1.48. The van der Waals surface area contributed by atoms with Crippen LogP contribution in [0.2, 0.25) is 10.0 Å². The number of amides is 1. The van der Waals surface area contributed by atoms with E-state index in [1.54, 1.807) is 36.4 Å². The van der Waals surface area contributed by atoms with Crippen molar-refractivity contribution in [2.24, 2.45) is 0 Å². The molecule has 0 bridgehead atoms. The largest absolute Gasteiger partial charge is 0.436 e. The Bertz CT molecular complexity index is 1470. The van der Waals surface area contributed by atoms with E-state index in [9.17, 15) is 4.79 Å². The van der Waals surface area contributed by atoms with Gasteiger partial charge in [0.15, 0.2) is 5.58 Å². The van der Waals surface area contributed by atoms with E-state index >= 15 is 0 Å². The molecule has 152 valence electrons. The maximum absolute atomic E-state index is 13.0. The van der Waals surface area contributed by atoms with Crippen LogP contribution >= 0.6 is 23.2 Å². The summed E-state index contributed by atoms with van der Waals surface area (Å²) in [4.78, 5) is 17.5. The van der Waals surface area contributed by atoms with Gasteiger partial charge in [-0.1, -0.05) is 59.6 Å². The minimum atomic E-state index is -0.183. The second-order valence-corrected chi connectivity index (χ2v) is 8.02. The Morgan fingerprint density at radius 3 is 2.58 bits per heavy atom. The van der Waals surface area contributed by atoms with Crippen molar-refractivity contribution in [3.63, 3.8) is 0 Å². The molecule has 0 spiro atoms. The Labute approximate surface area is 188 Å². The van der Waals surface area contributed by atoms with E-state index in [2.05, 4.69) is 10.3 Å². The summed E-state index contributed by atoms with van der Waals surface area (Å²) in [6.07, 6.45) is 0. The number of hydrogen-bond acceptors (Lipinski definition) is 3. The lowest BCUT2D eigenvalue weighted by atomic mass is 10.00. The number of benzene rings is 4. The topological polar surface area (TPSA) is 55.1 Å². The molecule has 6 heteroatoms. The summed E-state index contributed by atoms with van der Waals surface area (Å²) in [5, 5.41) is 5.76. The van der Waals surface area contributed by atoms with Crippen molar-refractivity contribution in [2.45, 2.75) is 6.92 Å². The molecule has 1 N–H and O–H groups in total. The van der Waals surface area contributed by atoms with Gasteiger partial charge in [0.25, 0.3) is 5.91 Å². The van der Waals surface area contributed by atoms with Gasteiger partial charge >= 0.3 is 0 Å². The Morgan fingerprint density at radius 1 is 0.935 bits per heavy atom. The lowest BCUT2D eigenvalue weighted by molar-refractivity contribution is 0.102. The van der Waals surface area contributed by atoms with E-state index in [0.29, 0.717) is 43.9 Å². The molecule has 0 radical (unpaired) electrons. The van der Waals surface area contributed by atoms with Crippen molar-refractivity contribution in [3.8, 4) is 11.5 Å². The minimum Gasteiger partial charge on any atom is -0.436 e. The van der Waals surface area contributed by atoms with Crippen LogP contribution < -0.4 is 5.32 Å². The number of oxazole rings is 1. The first-order chi connectivity index (χ1) is 15.0. The van der Waals surface area contributed by atoms with Gasteiger partial charge in [-0.2, -0.15) is 0 Å². The zero-order chi connectivity index (χ0) is 21.5. The van der Waals surface area contributed by atoms with Crippen molar-refractivity contribution in [1.29, 1.82) is 0 Å². The fourth-order valence-electron chi connectivity index (χ4n) is 3.64. The number of nitrogens with one attached hydrogen (secondary N) is 1. The first kappa shape index (κ1) is 19.6. The molecule has 4 aromatic carbocycles. The standard InChI is InChI=1S/C25H16Cl2N2O2/c1-14-9-11-18(17-6-3-2-5-16(14)17)24(30)28-15-10-12-22-21(13-15)29-25(31-22)19-7-4-8-20(26)23(19)27/h2-13H,1H3,(H,28,30). The Hall–Kier alpha value is -3.34. The van der Waals surface area contributed by atoms with Gasteiger partial charge in [-0.3, -0.25) is 4.79 Å². The smallest absolute Gasteiger partial charge is 0.256 e. The molecule has 0 saturated carbocycles. The highest BCUT2D eigenvalue weighted by Gasteiger charge is 2.15. The van der Waals surface area contributed by atoms with Crippen molar-refractivity contribution in [1.82, 2.24) is 4.98 Å². The van der Waals surface area contributed by atoms with Crippen LogP contribution in [0.25, 0.3) is 33.3 Å². The fraction of sp³-hybridized carbons (Fsp3) is 0.0400. The fourth-order valence-corrected chi connectivity index (χ4v) is 4.02. The number of hydrogen-bond donors (Lipinski definition) is 1.